The first-order valence-corrected chi connectivity index (χ1v) is 5.68. The standard InChI is InChI=1S/C12H7Cl2F3O/c13-11(14,12(15,16)17)18-10-7-3-5-8-4-1-2-6-9(8)10/h1-7H. The Morgan fingerprint density at radius 2 is 1.50 bits per heavy atom. The molecule has 0 N–H and O–H groups in total. The molecule has 0 radical (unpaired) electrons. The van der Waals surface area contributed by atoms with Gasteiger partial charge in [-0.1, -0.05) is 36.4 Å². The Hall–Kier alpha value is -1.13. The summed E-state index contributed by atoms with van der Waals surface area (Å²) < 4.78 is 39.0. The van der Waals surface area contributed by atoms with E-state index in [-0.39, 0.29) is 5.75 Å². The third-order valence-electron chi connectivity index (χ3n) is 2.32. The summed E-state index contributed by atoms with van der Waals surface area (Å²) in [6.07, 6.45) is -4.88. The molecule has 18 heavy (non-hydrogen) atoms. The summed E-state index contributed by atoms with van der Waals surface area (Å²) in [6, 6.07) is 11.5. The molecule has 0 atom stereocenters. The Morgan fingerprint density at radius 1 is 0.889 bits per heavy atom. The van der Waals surface area contributed by atoms with Gasteiger partial charge in [0.25, 0.3) is 0 Å². The number of hydrogen-bond acceptors (Lipinski definition) is 1. The highest BCUT2D eigenvalue weighted by Gasteiger charge is 2.56. The average molecular weight is 295 g/mol. The summed E-state index contributed by atoms with van der Waals surface area (Å²) in [6.45, 7) is 0. The largest absolute Gasteiger partial charge is 0.459 e. The minimum absolute atomic E-state index is 0.0181. The second-order valence-electron chi connectivity index (χ2n) is 3.59. The molecule has 0 amide bonds. The van der Waals surface area contributed by atoms with Gasteiger partial charge in [-0.25, -0.2) is 0 Å². The lowest BCUT2D eigenvalue weighted by atomic mass is 10.1. The van der Waals surface area contributed by atoms with Gasteiger partial charge in [0.15, 0.2) is 0 Å². The van der Waals surface area contributed by atoms with E-state index in [1.807, 2.05) is 0 Å². The van der Waals surface area contributed by atoms with Crippen molar-refractivity contribution in [3.63, 3.8) is 0 Å². The molecule has 0 heterocycles. The van der Waals surface area contributed by atoms with Crippen LogP contribution in [0.2, 0.25) is 0 Å². The quantitative estimate of drug-likeness (QED) is 0.715. The van der Waals surface area contributed by atoms with Crippen LogP contribution in [0.3, 0.4) is 0 Å². The molecule has 0 unspecified atom stereocenters. The monoisotopic (exact) mass is 294 g/mol. The number of rotatable bonds is 2. The van der Waals surface area contributed by atoms with E-state index in [1.54, 1.807) is 36.4 Å². The smallest absolute Gasteiger partial charge is 0.450 e. The first kappa shape index (κ1) is 13.3. The first-order valence-electron chi connectivity index (χ1n) is 4.92. The lowest BCUT2D eigenvalue weighted by molar-refractivity contribution is -0.184. The van der Waals surface area contributed by atoms with Crippen molar-refractivity contribution >= 4 is 34.0 Å². The van der Waals surface area contributed by atoms with Crippen LogP contribution in [0.15, 0.2) is 42.5 Å². The van der Waals surface area contributed by atoms with E-state index < -0.39 is 10.7 Å². The molecule has 0 aliphatic carbocycles. The van der Waals surface area contributed by atoms with Gasteiger partial charge in [0, 0.05) is 5.39 Å². The molecule has 0 bridgehead atoms. The second-order valence-corrected chi connectivity index (χ2v) is 4.85. The summed E-state index contributed by atoms with van der Waals surface area (Å²) in [7, 11) is 0. The van der Waals surface area contributed by atoms with Crippen molar-refractivity contribution in [3.8, 4) is 5.75 Å². The summed E-state index contributed by atoms with van der Waals surface area (Å²) in [5.41, 5.74) is 0. The van der Waals surface area contributed by atoms with Gasteiger partial charge in [-0.2, -0.15) is 13.2 Å². The van der Waals surface area contributed by atoms with Gasteiger partial charge < -0.3 is 4.74 Å². The Labute approximate surface area is 111 Å². The van der Waals surface area contributed by atoms with E-state index in [2.05, 4.69) is 4.74 Å². The molecule has 2 aromatic carbocycles. The molecule has 0 aliphatic heterocycles. The van der Waals surface area contributed by atoms with Crippen LogP contribution in [0.25, 0.3) is 10.8 Å². The van der Waals surface area contributed by atoms with Gasteiger partial charge in [-0.3, -0.25) is 0 Å². The van der Waals surface area contributed by atoms with Crippen LogP contribution >= 0.6 is 23.2 Å². The van der Waals surface area contributed by atoms with Crippen molar-refractivity contribution in [2.75, 3.05) is 0 Å². The van der Waals surface area contributed by atoms with Crippen molar-refractivity contribution in [2.45, 2.75) is 10.7 Å². The van der Waals surface area contributed by atoms with Crippen LogP contribution in [-0.4, -0.2) is 10.7 Å². The lowest BCUT2D eigenvalue weighted by Gasteiger charge is -2.24. The van der Waals surface area contributed by atoms with Crippen molar-refractivity contribution in [1.82, 2.24) is 0 Å². The van der Waals surface area contributed by atoms with Crippen molar-refractivity contribution < 1.29 is 17.9 Å². The van der Waals surface area contributed by atoms with E-state index in [0.717, 1.165) is 5.39 Å². The van der Waals surface area contributed by atoms with E-state index in [0.29, 0.717) is 5.39 Å². The molecule has 0 spiro atoms. The number of ether oxygens (including phenoxy) is 1. The Morgan fingerprint density at radius 3 is 2.17 bits per heavy atom. The Balaban J connectivity index is 2.44. The maximum Gasteiger partial charge on any atom is 0.459 e. The summed E-state index contributed by atoms with van der Waals surface area (Å²) >= 11 is 10.3. The molecule has 2 rings (SSSR count). The van der Waals surface area contributed by atoms with Gasteiger partial charge in [-0.15, -0.1) is 0 Å². The fourth-order valence-electron chi connectivity index (χ4n) is 1.48. The maximum atomic E-state index is 12.5. The highest BCUT2D eigenvalue weighted by atomic mass is 35.5. The maximum absolute atomic E-state index is 12.5. The molecule has 2 aromatic rings. The molecule has 0 saturated carbocycles. The number of alkyl halides is 5. The lowest BCUT2D eigenvalue weighted by Crippen LogP contribution is -2.39. The van der Waals surface area contributed by atoms with Gasteiger partial charge in [0.2, 0.25) is 0 Å². The molecule has 0 aliphatic rings. The van der Waals surface area contributed by atoms with Crippen LogP contribution in [0, 0.1) is 0 Å². The number of fused-ring (bicyclic) bond motifs is 1. The van der Waals surface area contributed by atoms with Gasteiger partial charge in [0.05, 0.1) is 0 Å². The molecule has 0 aromatic heterocycles. The fraction of sp³-hybridized carbons (Fsp3) is 0.167. The van der Waals surface area contributed by atoms with Gasteiger partial charge in [-0.05, 0) is 34.7 Å². The van der Waals surface area contributed by atoms with E-state index in [9.17, 15) is 13.2 Å². The Kier molecular flexibility index (Phi) is 3.34. The molecule has 0 saturated heterocycles. The highest BCUT2D eigenvalue weighted by molar-refractivity contribution is 6.48. The average Bonchev–Trinajstić information content (AvgIpc) is 2.27. The van der Waals surface area contributed by atoms with E-state index in [1.165, 1.54) is 6.07 Å². The minimum atomic E-state index is -4.88. The predicted molar refractivity (Wildman–Crippen MR) is 65.1 cm³/mol. The molecular formula is C12H7Cl2F3O. The van der Waals surface area contributed by atoms with Crippen molar-refractivity contribution in [1.29, 1.82) is 0 Å². The topological polar surface area (TPSA) is 9.23 Å². The summed E-state index contributed by atoms with van der Waals surface area (Å²) in [4.78, 5) is 0. The third kappa shape index (κ3) is 2.49. The zero-order valence-corrected chi connectivity index (χ0v) is 10.4. The van der Waals surface area contributed by atoms with E-state index >= 15 is 0 Å². The predicted octanol–water partition coefficient (Wildman–Crippen LogP) is 4.91. The zero-order chi connectivity index (χ0) is 13.4. The molecule has 0 fully saturated rings. The van der Waals surface area contributed by atoms with Gasteiger partial charge >= 0.3 is 10.7 Å². The molecule has 6 heteroatoms. The van der Waals surface area contributed by atoms with Crippen molar-refractivity contribution in [3.05, 3.63) is 42.5 Å². The highest BCUT2D eigenvalue weighted by Crippen LogP contribution is 2.42. The number of halogens is 5. The number of hydrogen-bond donors (Lipinski definition) is 0. The molecule has 1 nitrogen and oxygen atoms in total. The van der Waals surface area contributed by atoms with Crippen LogP contribution in [0.5, 0.6) is 5.75 Å². The normalized spacial score (nSPS) is 12.7. The van der Waals surface area contributed by atoms with Gasteiger partial charge in [0.1, 0.15) is 5.75 Å². The zero-order valence-electron chi connectivity index (χ0n) is 8.84. The van der Waals surface area contributed by atoms with Crippen LogP contribution < -0.4 is 4.74 Å². The van der Waals surface area contributed by atoms with Crippen LogP contribution in [-0.2, 0) is 0 Å². The third-order valence-corrected chi connectivity index (χ3v) is 2.90. The second kappa shape index (κ2) is 4.52. The molecular weight excluding hydrogens is 288 g/mol. The molecule has 96 valence electrons. The minimum Gasteiger partial charge on any atom is -0.450 e. The number of benzene rings is 2. The van der Waals surface area contributed by atoms with Crippen molar-refractivity contribution in [2.24, 2.45) is 0 Å². The fourth-order valence-corrected chi connectivity index (χ4v) is 1.65. The van der Waals surface area contributed by atoms with Crippen LogP contribution in [0.4, 0.5) is 13.2 Å². The first-order chi connectivity index (χ1) is 8.31. The Bertz CT molecular complexity index is 561. The SMILES string of the molecule is FC(F)(F)C(Cl)(Cl)Oc1cccc2ccccc12. The summed E-state index contributed by atoms with van der Waals surface area (Å²) in [5.74, 6) is -0.0181. The summed E-state index contributed by atoms with van der Waals surface area (Å²) in [5, 5.41) is 1.25. The van der Waals surface area contributed by atoms with E-state index in [4.69, 9.17) is 23.2 Å². The van der Waals surface area contributed by atoms with Crippen LogP contribution in [0.1, 0.15) is 0 Å².